The van der Waals surface area contributed by atoms with Crippen LogP contribution in [0.4, 0.5) is 8.28 Å². The topological polar surface area (TPSA) is 48.2 Å². The number of halogens is 2. The predicted octanol–water partition coefficient (Wildman–Crippen LogP) is 3.36. The molecule has 6 heteroatoms. The molecule has 0 aromatic carbocycles. The zero-order valence-corrected chi connectivity index (χ0v) is 10.8. The highest BCUT2D eigenvalue weighted by molar-refractivity contribution is 8.09. The van der Waals surface area contributed by atoms with E-state index < -0.39 is 0 Å². The molecule has 0 spiro atoms. The molecule has 0 bridgehead atoms. The average Bonchev–Trinajstić information content (AvgIpc) is 2.71. The smallest absolute Gasteiger partial charge is 0.192 e. The van der Waals surface area contributed by atoms with Crippen LogP contribution in [0.2, 0.25) is 0 Å². The molecule has 3 atom stereocenters. The van der Waals surface area contributed by atoms with E-state index in [1.54, 1.807) is 6.08 Å². The summed E-state index contributed by atoms with van der Waals surface area (Å²) >= 11 is -0.131. The lowest BCUT2D eigenvalue weighted by Crippen LogP contribution is -2.29. The molecule has 2 rings (SSSR count). The Labute approximate surface area is 109 Å². The van der Waals surface area contributed by atoms with E-state index in [-0.39, 0.29) is 41.0 Å². The van der Waals surface area contributed by atoms with Crippen LogP contribution in [-0.4, -0.2) is 17.0 Å². The second-order valence-electron chi connectivity index (χ2n) is 4.60. The molecule has 0 aromatic heterocycles. The van der Waals surface area contributed by atoms with Crippen molar-refractivity contribution in [1.82, 2.24) is 5.32 Å². The van der Waals surface area contributed by atoms with Crippen LogP contribution in [0.1, 0.15) is 19.8 Å². The van der Waals surface area contributed by atoms with Crippen LogP contribution >= 0.6 is 12.1 Å². The summed E-state index contributed by atoms with van der Waals surface area (Å²) in [7, 11) is 0. The van der Waals surface area contributed by atoms with E-state index in [4.69, 9.17) is 5.41 Å². The maximum atomic E-state index is 12.9. The number of hydrogen-bond donors (Lipinski definition) is 2. The molecule has 1 aliphatic heterocycles. The van der Waals surface area contributed by atoms with Gasteiger partial charge in [0.2, 0.25) is 0 Å². The van der Waals surface area contributed by atoms with Crippen LogP contribution in [0, 0.1) is 17.2 Å². The van der Waals surface area contributed by atoms with Gasteiger partial charge in [0.1, 0.15) is 23.8 Å². The van der Waals surface area contributed by atoms with Gasteiger partial charge in [0.25, 0.3) is 0 Å². The van der Waals surface area contributed by atoms with Crippen LogP contribution in [0.5, 0.6) is 0 Å². The largest absolute Gasteiger partial charge is 0.321 e. The zero-order chi connectivity index (χ0) is 13.1. The third-order valence-electron chi connectivity index (χ3n) is 3.27. The first kappa shape index (κ1) is 13.3. The van der Waals surface area contributed by atoms with E-state index in [9.17, 15) is 8.28 Å². The van der Waals surface area contributed by atoms with Gasteiger partial charge in [0.05, 0.1) is 6.04 Å². The second kappa shape index (κ2) is 5.65. The third kappa shape index (κ3) is 2.98. The highest BCUT2D eigenvalue weighted by Crippen LogP contribution is 2.30. The summed E-state index contributed by atoms with van der Waals surface area (Å²) in [5, 5.41) is 9.67. The fraction of sp³-hybridized carbons (Fsp3) is 0.500. The first-order chi connectivity index (χ1) is 8.60. The Morgan fingerprint density at radius 3 is 3.00 bits per heavy atom. The maximum Gasteiger partial charge on any atom is 0.192 e. The van der Waals surface area contributed by atoms with Crippen LogP contribution in [0.3, 0.4) is 0 Å². The predicted molar refractivity (Wildman–Crippen MR) is 71.0 cm³/mol. The molecular formula is C12H15F2N3S. The minimum Gasteiger partial charge on any atom is -0.321 e. The van der Waals surface area contributed by atoms with Crippen LogP contribution in [-0.2, 0) is 0 Å². The molecule has 18 heavy (non-hydrogen) atoms. The summed E-state index contributed by atoms with van der Waals surface area (Å²) in [5.41, 5.74) is 0. The van der Waals surface area contributed by atoms with E-state index in [1.165, 1.54) is 6.08 Å². The van der Waals surface area contributed by atoms with Crippen molar-refractivity contribution >= 4 is 23.2 Å². The van der Waals surface area contributed by atoms with Crippen molar-refractivity contribution in [2.45, 2.75) is 25.8 Å². The fourth-order valence-corrected chi connectivity index (χ4v) is 2.43. The van der Waals surface area contributed by atoms with Gasteiger partial charge in [0, 0.05) is 11.8 Å². The van der Waals surface area contributed by atoms with E-state index >= 15 is 0 Å². The van der Waals surface area contributed by atoms with Gasteiger partial charge >= 0.3 is 0 Å². The molecule has 1 heterocycles. The zero-order valence-electron chi connectivity index (χ0n) is 9.99. The summed E-state index contributed by atoms with van der Waals surface area (Å²) in [6.45, 7) is 1.99. The first-order valence-electron chi connectivity index (χ1n) is 5.86. The van der Waals surface area contributed by atoms with Gasteiger partial charge in [-0.2, -0.15) is 3.89 Å². The van der Waals surface area contributed by atoms with Crippen molar-refractivity contribution in [2.24, 2.45) is 16.8 Å². The fourth-order valence-electron chi connectivity index (χ4n) is 2.29. The summed E-state index contributed by atoms with van der Waals surface area (Å²) < 4.78 is 25.0. The molecular weight excluding hydrogens is 256 g/mol. The monoisotopic (exact) mass is 271 g/mol. The molecule has 2 N–H and O–H groups in total. The number of nitrogens with zero attached hydrogens (tertiary/aromatic N) is 1. The third-order valence-corrected chi connectivity index (χ3v) is 3.52. The van der Waals surface area contributed by atoms with Crippen molar-refractivity contribution < 1.29 is 8.28 Å². The second-order valence-corrected chi connectivity index (χ2v) is 5.16. The van der Waals surface area contributed by atoms with Crippen LogP contribution in [0.15, 0.2) is 29.0 Å². The maximum absolute atomic E-state index is 12.9. The Kier molecular flexibility index (Phi) is 4.16. The van der Waals surface area contributed by atoms with Gasteiger partial charge in [-0.3, -0.25) is 10.4 Å². The quantitative estimate of drug-likeness (QED) is 0.567. The molecule has 0 radical (unpaired) electrons. The molecule has 2 aliphatic rings. The standard InChI is InChI=1S/C12H15F2N3S/c1-7-6-10(8-2-4-9(13)5-3-8)16-11(7)17-12(15)18-14/h2,4-5,7-8,10H,3,6H2,1H3,(H2,15,16,17). The van der Waals surface area contributed by atoms with Gasteiger partial charge in [0.15, 0.2) is 5.17 Å². The Morgan fingerprint density at radius 1 is 1.61 bits per heavy atom. The summed E-state index contributed by atoms with van der Waals surface area (Å²) in [4.78, 5) is 4.49. The summed E-state index contributed by atoms with van der Waals surface area (Å²) in [5.74, 6) is 0.818. The molecule has 3 nitrogen and oxygen atoms in total. The van der Waals surface area contributed by atoms with E-state index in [2.05, 4.69) is 10.3 Å². The molecule has 3 unspecified atom stereocenters. The van der Waals surface area contributed by atoms with Gasteiger partial charge in [-0.1, -0.05) is 13.0 Å². The Balaban J connectivity index is 2.00. The molecule has 0 amide bonds. The SMILES string of the molecule is CC1CC(C2C=CC(F)=CC2)N=C1NC(=N)SF. The van der Waals surface area contributed by atoms with Crippen molar-refractivity contribution in [3.8, 4) is 0 Å². The van der Waals surface area contributed by atoms with Gasteiger partial charge in [-0.05, 0) is 25.0 Å². The number of hydrogen-bond acceptors (Lipinski definition) is 3. The molecule has 0 aromatic rings. The molecule has 98 valence electrons. The lowest BCUT2D eigenvalue weighted by atomic mass is 9.89. The van der Waals surface area contributed by atoms with Gasteiger partial charge in [-0.25, -0.2) is 4.39 Å². The minimum atomic E-state index is -0.244. The van der Waals surface area contributed by atoms with Crippen molar-refractivity contribution in [3.63, 3.8) is 0 Å². The first-order valence-corrected chi connectivity index (χ1v) is 6.57. The summed E-state index contributed by atoms with van der Waals surface area (Å²) in [6, 6.07) is 0.0838. The highest BCUT2D eigenvalue weighted by atomic mass is 32.2. The number of nitrogens with one attached hydrogen (secondary N) is 2. The minimum absolute atomic E-state index is 0.0838. The van der Waals surface area contributed by atoms with Crippen molar-refractivity contribution in [3.05, 3.63) is 24.1 Å². The number of amidine groups is 2. The molecule has 0 saturated carbocycles. The highest BCUT2D eigenvalue weighted by Gasteiger charge is 2.30. The van der Waals surface area contributed by atoms with Crippen molar-refractivity contribution in [1.29, 1.82) is 5.41 Å². The lowest BCUT2D eigenvalue weighted by molar-refractivity contribution is 0.467. The van der Waals surface area contributed by atoms with E-state index in [0.29, 0.717) is 12.3 Å². The van der Waals surface area contributed by atoms with Gasteiger partial charge in [-0.15, -0.1) is 0 Å². The summed E-state index contributed by atoms with van der Waals surface area (Å²) in [6.07, 6.45) is 6.37. The Hall–Kier alpha value is -1.17. The van der Waals surface area contributed by atoms with Crippen LogP contribution < -0.4 is 5.32 Å². The normalized spacial score (nSPS) is 30.9. The Bertz CT molecular complexity index is 431. The van der Waals surface area contributed by atoms with E-state index in [1.807, 2.05) is 13.0 Å². The van der Waals surface area contributed by atoms with Crippen molar-refractivity contribution in [2.75, 3.05) is 0 Å². The van der Waals surface area contributed by atoms with E-state index in [0.717, 1.165) is 6.42 Å². The molecule has 0 fully saturated rings. The Morgan fingerprint density at radius 2 is 2.39 bits per heavy atom. The molecule has 1 aliphatic carbocycles. The number of allylic oxidation sites excluding steroid dienone is 3. The average molecular weight is 271 g/mol. The lowest BCUT2D eigenvalue weighted by Gasteiger charge is -2.18. The van der Waals surface area contributed by atoms with Crippen LogP contribution in [0.25, 0.3) is 0 Å². The van der Waals surface area contributed by atoms with Gasteiger partial charge < -0.3 is 5.32 Å². The number of rotatable bonds is 1. The molecule has 0 saturated heterocycles. The number of aliphatic imine (C=N–C) groups is 1.